The molecule has 0 aliphatic heterocycles. The molecule has 0 radical (unpaired) electrons. The van der Waals surface area contributed by atoms with Gasteiger partial charge in [0.25, 0.3) is 0 Å². The number of hydrogen-bond acceptors (Lipinski definition) is 6. The van der Waals surface area contributed by atoms with E-state index in [4.69, 9.17) is 14.2 Å². The molecule has 41 heavy (non-hydrogen) atoms. The third kappa shape index (κ3) is 19.9. The molecular weight excluding hydrogens is 522 g/mol. The molecule has 0 saturated carbocycles. The third-order valence-corrected chi connectivity index (χ3v) is 7.05. The van der Waals surface area contributed by atoms with Gasteiger partial charge in [0.15, 0.2) is 6.20 Å². The second kappa shape index (κ2) is 25.1. The number of imide groups is 1. The summed E-state index contributed by atoms with van der Waals surface area (Å²) in [5.41, 5.74) is 0.797. The van der Waals surface area contributed by atoms with Gasteiger partial charge in [-0.15, -0.1) is 0 Å². The molecule has 0 aromatic carbocycles. The highest BCUT2D eigenvalue weighted by Gasteiger charge is 2.23. The number of carbonyl (C=O) groups excluding carboxylic acids is 3. The second-order valence-corrected chi connectivity index (χ2v) is 10.6. The molecule has 0 unspecified atom stereocenters. The topological polar surface area (TPSA) is 98.1 Å². The van der Waals surface area contributed by atoms with Gasteiger partial charge in [-0.05, 0) is 6.42 Å². The van der Waals surface area contributed by atoms with E-state index in [1.807, 2.05) is 36.0 Å². The standard InChI is InChI=1S/C32H55N3O6/c1-4-5-6-7-8-9-10-11-12-13-14-15-16-17-19-22-33-31(37)40-26-24-39-25-27-41-32(38)35(29(2)36)28-30-21-18-20-23-34(30)3/h18,20-21,23H,4-17,19,22,24-28H2,1-3H3/p+1. The van der Waals surface area contributed by atoms with Gasteiger partial charge >= 0.3 is 12.2 Å². The van der Waals surface area contributed by atoms with E-state index in [1.54, 1.807) is 0 Å². The van der Waals surface area contributed by atoms with Crippen LogP contribution in [0.4, 0.5) is 9.59 Å². The smallest absolute Gasteiger partial charge is 0.417 e. The van der Waals surface area contributed by atoms with Crippen molar-refractivity contribution in [2.75, 3.05) is 33.0 Å². The number of alkyl carbamates (subject to hydrolysis) is 1. The molecule has 9 heteroatoms. The quantitative estimate of drug-likeness (QED) is 0.109. The summed E-state index contributed by atoms with van der Waals surface area (Å²) in [6, 6.07) is 5.55. The maximum atomic E-state index is 12.3. The van der Waals surface area contributed by atoms with Crippen molar-refractivity contribution in [2.24, 2.45) is 7.05 Å². The molecule has 1 aromatic rings. The minimum absolute atomic E-state index is 0.00504. The molecule has 1 heterocycles. The Labute approximate surface area is 248 Å². The van der Waals surface area contributed by atoms with Crippen molar-refractivity contribution < 1.29 is 33.2 Å². The van der Waals surface area contributed by atoms with Crippen LogP contribution in [0.3, 0.4) is 0 Å². The van der Waals surface area contributed by atoms with Gasteiger partial charge in [0.1, 0.15) is 26.8 Å². The molecule has 0 bridgehead atoms. The molecule has 9 nitrogen and oxygen atoms in total. The largest absolute Gasteiger partial charge is 0.447 e. The van der Waals surface area contributed by atoms with E-state index < -0.39 is 18.1 Å². The summed E-state index contributed by atoms with van der Waals surface area (Å²) in [6.45, 7) is 4.76. The summed E-state index contributed by atoms with van der Waals surface area (Å²) in [4.78, 5) is 37.0. The lowest BCUT2D eigenvalue weighted by Gasteiger charge is -2.17. The Balaban J connectivity index is 1.91. The highest BCUT2D eigenvalue weighted by Crippen LogP contribution is 2.13. The van der Waals surface area contributed by atoms with Crippen molar-refractivity contribution >= 4 is 18.1 Å². The lowest BCUT2D eigenvalue weighted by atomic mass is 10.0. The minimum Gasteiger partial charge on any atom is -0.447 e. The van der Waals surface area contributed by atoms with Crippen molar-refractivity contribution in [3.05, 3.63) is 30.1 Å². The summed E-state index contributed by atoms with van der Waals surface area (Å²) in [6.07, 6.45) is 20.4. The number of rotatable bonds is 24. The van der Waals surface area contributed by atoms with E-state index in [1.165, 1.54) is 90.4 Å². The van der Waals surface area contributed by atoms with Gasteiger partial charge in [0, 0.05) is 25.6 Å². The predicted molar refractivity (Wildman–Crippen MR) is 160 cm³/mol. The highest BCUT2D eigenvalue weighted by atomic mass is 16.6. The Morgan fingerprint density at radius 1 is 0.756 bits per heavy atom. The van der Waals surface area contributed by atoms with E-state index >= 15 is 0 Å². The Morgan fingerprint density at radius 2 is 1.29 bits per heavy atom. The summed E-state index contributed by atoms with van der Waals surface area (Å²) in [5.74, 6) is -0.400. The second-order valence-electron chi connectivity index (χ2n) is 10.6. The molecule has 0 aliphatic rings. The van der Waals surface area contributed by atoms with Gasteiger partial charge in [-0.1, -0.05) is 103 Å². The van der Waals surface area contributed by atoms with Gasteiger partial charge in [0.2, 0.25) is 11.6 Å². The Bertz CT molecular complexity index is 835. The Kier molecular flexibility index (Phi) is 22.2. The molecule has 234 valence electrons. The zero-order valence-corrected chi connectivity index (χ0v) is 26.0. The molecule has 1 rings (SSSR count). The Morgan fingerprint density at radius 3 is 1.83 bits per heavy atom. The first-order chi connectivity index (χ1) is 20.0. The summed E-state index contributed by atoms with van der Waals surface area (Å²) in [7, 11) is 1.84. The van der Waals surface area contributed by atoms with Crippen LogP contribution < -0.4 is 9.88 Å². The molecule has 0 saturated heterocycles. The van der Waals surface area contributed by atoms with Crippen molar-refractivity contribution in [3.8, 4) is 0 Å². The monoisotopic (exact) mass is 578 g/mol. The van der Waals surface area contributed by atoms with Crippen LogP contribution in [0.2, 0.25) is 0 Å². The van der Waals surface area contributed by atoms with Gasteiger partial charge in [-0.25, -0.2) is 19.1 Å². The average Bonchev–Trinajstić information content (AvgIpc) is 2.95. The van der Waals surface area contributed by atoms with Crippen LogP contribution >= 0.6 is 0 Å². The molecule has 0 aliphatic carbocycles. The molecule has 0 atom stereocenters. The van der Waals surface area contributed by atoms with E-state index in [-0.39, 0.29) is 33.0 Å². The van der Waals surface area contributed by atoms with Crippen LogP contribution in [0.25, 0.3) is 0 Å². The third-order valence-electron chi connectivity index (χ3n) is 7.05. The average molecular weight is 579 g/mol. The molecule has 0 fully saturated rings. The van der Waals surface area contributed by atoms with Crippen LogP contribution in [-0.4, -0.2) is 56.0 Å². The Hall–Kier alpha value is -2.68. The maximum Gasteiger partial charge on any atom is 0.417 e. The first-order valence-electron chi connectivity index (χ1n) is 15.8. The van der Waals surface area contributed by atoms with Crippen LogP contribution in [0.1, 0.15) is 116 Å². The first kappa shape index (κ1) is 36.3. The maximum absolute atomic E-state index is 12.3. The zero-order valence-electron chi connectivity index (χ0n) is 26.0. The zero-order chi connectivity index (χ0) is 30.0. The van der Waals surface area contributed by atoms with E-state index in [0.29, 0.717) is 6.54 Å². The van der Waals surface area contributed by atoms with E-state index in [9.17, 15) is 14.4 Å². The van der Waals surface area contributed by atoms with E-state index in [2.05, 4.69) is 12.2 Å². The van der Waals surface area contributed by atoms with Gasteiger partial charge in [0.05, 0.1) is 13.2 Å². The van der Waals surface area contributed by atoms with E-state index in [0.717, 1.165) is 23.4 Å². The lowest BCUT2D eigenvalue weighted by molar-refractivity contribution is -0.679. The lowest BCUT2D eigenvalue weighted by Crippen LogP contribution is -2.41. The number of nitrogens with zero attached hydrogens (tertiary/aromatic N) is 2. The summed E-state index contributed by atoms with van der Waals surface area (Å²) in [5, 5.41) is 2.77. The molecule has 0 spiro atoms. The number of aromatic nitrogens is 1. The van der Waals surface area contributed by atoms with Crippen molar-refractivity contribution in [3.63, 3.8) is 0 Å². The van der Waals surface area contributed by atoms with Crippen molar-refractivity contribution in [1.29, 1.82) is 0 Å². The molecule has 3 amide bonds. The predicted octanol–water partition coefficient (Wildman–Crippen LogP) is 6.61. The van der Waals surface area contributed by atoms with Crippen LogP contribution in [-0.2, 0) is 32.6 Å². The summed E-state index contributed by atoms with van der Waals surface area (Å²) < 4.78 is 17.5. The fourth-order valence-corrected chi connectivity index (χ4v) is 4.49. The number of ether oxygens (including phenoxy) is 3. The number of pyridine rings is 1. The number of carbonyl (C=O) groups is 3. The normalized spacial score (nSPS) is 10.8. The SMILES string of the molecule is CCCCCCCCCCCCCCCCCNC(=O)OCCOCCOC(=O)N(Cc1cccc[n+]1C)C(C)=O. The molecular formula is C32H56N3O6+. The number of aryl methyl sites for hydroxylation is 1. The van der Waals surface area contributed by atoms with Crippen LogP contribution in [0, 0.1) is 0 Å². The van der Waals surface area contributed by atoms with Crippen molar-refractivity contribution in [2.45, 2.75) is 117 Å². The first-order valence-corrected chi connectivity index (χ1v) is 15.8. The molecule has 1 N–H and O–H groups in total. The summed E-state index contributed by atoms with van der Waals surface area (Å²) >= 11 is 0. The van der Waals surface area contributed by atoms with Crippen LogP contribution in [0.5, 0.6) is 0 Å². The van der Waals surface area contributed by atoms with Crippen LogP contribution in [0.15, 0.2) is 24.4 Å². The van der Waals surface area contributed by atoms with Gasteiger partial charge < -0.3 is 19.5 Å². The van der Waals surface area contributed by atoms with Gasteiger partial charge in [-0.2, -0.15) is 0 Å². The molecule has 1 aromatic heterocycles. The number of nitrogens with one attached hydrogen (secondary N) is 1. The number of hydrogen-bond donors (Lipinski definition) is 1. The fourth-order valence-electron chi connectivity index (χ4n) is 4.49. The number of amides is 3. The highest BCUT2D eigenvalue weighted by molar-refractivity contribution is 5.90. The minimum atomic E-state index is -0.723. The van der Waals surface area contributed by atoms with Crippen molar-refractivity contribution in [1.82, 2.24) is 10.2 Å². The number of unbranched alkanes of at least 4 members (excludes halogenated alkanes) is 14. The van der Waals surface area contributed by atoms with Gasteiger partial charge in [-0.3, -0.25) is 4.79 Å². The fraction of sp³-hybridized carbons (Fsp3) is 0.750.